The molecule has 1 aliphatic heterocycles. The Balaban J connectivity index is 1.62. The Labute approximate surface area is 229 Å². The van der Waals surface area contributed by atoms with Gasteiger partial charge < -0.3 is 20.7 Å². The Morgan fingerprint density at radius 1 is 1.13 bits per heavy atom. The van der Waals surface area contributed by atoms with Crippen LogP contribution in [0.3, 0.4) is 0 Å². The lowest BCUT2D eigenvalue weighted by Crippen LogP contribution is -2.47. The molecule has 0 spiro atoms. The molecule has 1 unspecified atom stereocenters. The van der Waals surface area contributed by atoms with Crippen molar-refractivity contribution >= 4 is 28.6 Å². The highest BCUT2D eigenvalue weighted by Gasteiger charge is 2.29. The minimum atomic E-state index is -0.506. The zero-order valence-corrected chi connectivity index (χ0v) is 23.3. The molecule has 3 N–H and O–H groups in total. The van der Waals surface area contributed by atoms with E-state index in [2.05, 4.69) is 41.7 Å². The number of hydrogen-bond donors (Lipinski definition) is 2. The number of rotatable bonds is 6. The molecule has 7 heteroatoms. The van der Waals surface area contributed by atoms with Crippen LogP contribution in [0.15, 0.2) is 71.8 Å². The third-order valence-electron chi connectivity index (χ3n) is 6.81. The van der Waals surface area contributed by atoms with Crippen molar-refractivity contribution in [1.82, 2.24) is 10.2 Å². The lowest BCUT2D eigenvalue weighted by molar-refractivity contribution is 0.0197. The van der Waals surface area contributed by atoms with Crippen LogP contribution in [0, 0.1) is 11.3 Å². The molecule has 1 heterocycles. The molecular weight excluding hydrogens is 492 g/mol. The van der Waals surface area contributed by atoms with Gasteiger partial charge in [0.2, 0.25) is 0 Å². The highest BCUT2D eigenvalue weighted by molar-refractivity contribution is 8.02. The summed E-state index contributed by atoms with van der Waals surface area (Å²) in [5, 5.41) is 16.0. The summed E-state index contributed by atoms with van der Waals surface area (Å²) in [6.45, 7) is 6.93. The molecule has 0 aromatic heterocycles. The first-order valence-corrected chi connectivity index (χ1v) is 14.2. The molecular formula is C31H36N4O2S. The number of carbonyl (C=O) groups is 1. The Hall–Kier alpha value is -3.47. The van der Waals surface area contributed by atoms with E-state index in [0.29, 0.717) is 18.7 Å². The van der Waals surface area contributed by atoms with E-state index in [1.165, 1.54) is 0 Å². The van der Waals surface area contributed by atoms with Crippen LogP contribution in [0.25, 0.3) is 21.9 Å². The smallest absolute Gasteiger partial charge is 0.410 e. The Kier molecular flexibility index (Phi) is 8.65. The first-order chi connectivity index (χ1) is 18.2. The number of piperidine rings is 1. The number of nitrogens with two attached hydrogens (primary N) is 1. The third kappa shape index (κ3) is 6.32. The first kappa shape index (κ1) is 27.6. The maximum Gasteiger partial charge on any atom is 0.410 e. The number of fused-ring (bicyclic) bond motifs is 1. The van der Waals surface area contributed by atoms with Crippen LogP contribution in [-0.2, 0) is 4.74 Å². The van der Waals surface area contributed by atoms with Crippen LogP contribution < -0.4 is 11.1 Å². The number of benzene rings is 3. The van der Waals surface area contributed by atoms with Gasteiger partial charge in [-0.25, -0.2) is 4.79 Å². The Bertz CT molecular complexity index is 1360. The highest BCUT2D eigenvalue weighted by atomic mass is 32.2. The van der Waals surface area contributed by atoms with E-state index in [1.807, 2.05) is 57.4 Å². The quantitative estimate of drug-likeness (QED) is 0.376. The van der Waals surface area contributed by atoms with Crippen LogP contribution >= 0.6 is 11.8 Å². The average molecular weight is 529 g/mol. The third-order valence-corrected chi connectivity index (χ3v) is 7.65. The number of carbonyl (C=O) groups excluding carboxylic acids is 1. The topological polar surface area (TPSA) is 91.4 Å². The molecule has 0 bridgehead atoms. The monoisotopic (exact) mass is 528 g/mol. The van der Waals surface area contributed by atoms with Crippen LogP contribution in [0.5, 0.6) is 0 Å². The van der Waals surface area contributed by atoms with Crippen molar-refractivity contribution < 1.29 is 9.53 Å². The van der Waals surface area contributed by atoms with E-state index >= 15 is 0 Å². The number of amides is 1. The van der Waals surface area contributed by atoms with Gasteiger partial charge in [-0.2, -0.15) is 5.26 Å². The molecule has 1 fully saturated rings. The summed E-state index contributed by atoms with van der Waals surface area (Å²) in [6, 6.07) is 22.9. The number of ether oxygens (including phenoxy) is 1. The van der Waals surface area contributed by atoms with Gasteiger partial charge in [0, 0.05) is 35.8 Å². The van der Waals surface area contributed by atoms with E-state index in [1.54, 1.807) is 22.9 Å². The minimum Gasteiger partial charge on any atom is -0.444 e. The van der Waals surface area contributed by atoms with Crippen molar-refractivity contribution in [3.05, 3.63) is 82.9 Å². The van der Waals surface area contributed by atoms with Crippen LogP contribution in [0.4, 0.5) is 4.79 Å². The summed E-state index contributed by atoms with van der Waals surface area (Å²) < 4.78 is 5.55. The molecule has 1 aliphatic rings. The van der Waals surface area contributed by atoms with Gasteiger partial charge in [-0.3, -0.25) is 0 Å². The molecule has 1 atom stereocenters. The van der Waals surface area contributed by atoms with Crippen LogP contribution in [0.1, 0.15) is 50.8 Å². The van der Waals surface area contributed by atoms with Crippen molar-refractivity contribution in [2.45, 2.75) is 51.3 Å². The normalized spacial score (nSPS) is 15.8. The second-order valence-electron chi connectivity index (χ2n) is 10.6. The Morgan fingerprint density at radius 3 is 2.50 bits per heavy atom. The fraction of sp³-hybridized carbons (Fsp3) is 0.355. The zero-order valence-electron chi connectivity index (χ0n) is 22.5. The molecule has 0 radical (unpaired) electrons. The summed E-state index contributed by atoms with van der Waals surface area (Å²) >= 11 is 1.61. The number of hydrogen-bond acceptors (Lipinski definition) is 6. The predicted molar refractivity (Wildman–Crippen MR) is 157 cm³/mol. The van der Waals surface area contributed by atoms with Crippen molar-refractivity contribution in [2.75, 3.05) is 19.3 Å². The standard InChI is InChI=1S/C31H36N4O2S/c1-31(2,3)37-30(36)35-16-14-24(15-17-35)34-29(28(20-33)38-4)22-12-13-23(19-32)27(18-22)26-11-7-9-21-8-5-6-10-25(21)26/h5-13,18,20,24,29,34H,14-17,33H2,1-4H3/b28-20-. The molecule has 6 nitrogen and oxygen atoms in total. The molecule has 198 valence electrons. The molecule has 0 aliphatic carbocycles. The van der Waals surface area contributed by atoms with E-state index < -0.39 is 5.60 Å². The van der Waals surface area contributed by atoms with E-state index in [-0.39, 0.29) is 18.2 Å². The van der Waals surface area contributed by atoms with Gasteiger partial charge in [0.15, 0.2) is 0 Å². The summed E-state index contributed by atoms with van der Waals surface area (Å²) in [5.41, 5.74) is 9.20. The summed E-state index contributed by atoms with van der Waals surface area (Å²) in [4.78, 5) is 15.3. The van der Waals surface area contributed by atoms with Crippen molar-refractivity contribution in [3.63, 3.8) is 0 Å². The van der Waals surface area contributed by atoms with Crippen molar-refractivity contribution in [2.24, 2.45) is 5.73 Å². The highest BCUT2D eigenvalue weighted by Crippen LogP contribution is 2.36. The number of nitrogens with zero attached hydrogens (tertiary/aromatic N) is 2. The summed E-state index contributed by atoms with van der Waals surface area (Å²) in [5.74, 6) is 0. The van der Waals surface area contributed by atoms with E-state index in [4.69, 9.17) is 10.5 Å². The fourth-order valence-electron chi connectivity index (χ4n) is 4.94. The van der Waals surface area contributed by atoms with Gasteiger partial charge in [-0.1, -0.05) is 48.5 Å². The molecule has 0 saturated carbocycles. The van der Waals surface area contributed by atoms with Gasteiger partial charge >= 0.3 is 6.09 Å². The molecule has 1 saturated heterocycles. The largest absolute Gasteiger partial charge is 0.444 e. The summed E-state index contributed by atoms with van der Waals surface area (Å²) in [6.07, 6.45) is 5.05. The maximum absolute atomic E-state index is 12.5. The van der Waals surface area contributed by atoms with Gasteiger partial charge in [0.05, 0.1) is 17.7 Å². The van der Waals surface area contributed by atoms with E-state index in [9.17, 15) is 10.1 Å². The molecule has 3 aromatic rings. The first-order valence-electron chi connectivity index (χ1n) is 13.0. The van der Waals surface area contributed by atoms with Crippen LogP contribution in [0.2, 0.25) is 0 Å². The molecule has 1 amide bonds. The zero-order chi connectivity index (χ0) is 27.3. The van der Waals surface area contributed by atoms with Gasteiger partial charge in [-0.05, 0) is 73.9 Å². The lowest BCUT2D eigenvalue weighted by Gasteiger charge is -2.36. The van der Waals surface area contributed by atoms with Crippen molar-refractivity contribution in [3.8, 4) is 17.2 Å². The summed E-state index contributed by atoms with van der Waals surface area (Å²) in [7, 11) is 0. The molecule has 4 rings (SSSR count). The van der Waals surface area contributed by atoms with Gasteiger partial charge in [-0.15, -0.1) is 11.8 Å². The molecule has 3 aromatic carbocycles. The second kappa shape index (κ2) is 11.9. The number of nitriles is 1. The van der Waals surface area contributed by atoms with E-state index in [0.717, 1.165) is 45.2 Å². The minimum absolute atomic E-state index is 0.130. The number of thioether (sulfide) groups is 1. The Morgan fingerprint density at radius 2 is 1.84 bits per heavy atom. The lowest BCUT2D eigenvalue weighted by atomic mass is 9.91. The maximum atomic E-state index is 12.5. The number of likely N-dealkylation sites (tertiary alicyclic amines) is 1. The SMILES string of the molecule is CS/C(=C\N)C(NC1CCN(C(=O)OC(C)(C)C)CC1)c1ccc(C#N)c(-c2cccc3ccccc23)c1. The van der Waals surface area contributed by atoms with Crippen LogP contribution in [-0.4, -0.2) is 42.0 Å². The average Bonchev–Trinajstić information content (AvgIpc) is 2.92. The number of nitrogens with one attached hydrogen (secondary N) is 1. The molecule has 38 heavy (non-hydrogen) atoms. The van der Waals surface area contributed by atoms with Gasteiger partial charge in [0.25, 0.3) is 0 Å². The van der Waals surface area contributed by atoms with Crippen molar-refractivity contribution in [1.29, 1.82) is 5.26 Å². The predicted octanol–water partition coefficient (Wildman–Crippen LogP) is 6.57. The van der Waals surface area contributed by atoms with Gasteiger partial charge in [0.1, 0.15) is 5.60 Å². The fourth-order valence-corrected chi connectivity index (χ4v) is 5.51. The second-order valence-corrected chi connectivity index (χ2v) is 11.4.